The maximum Gasteiger partial charge on any atom is 0.182 e. The fourth-order valence-corrected chi connectivity index (χ4v) is 3.74. The number of nitrogens with zero attached hydrogens (tertiary/aromatic N) is 3. The van der Waals surface area contributed by atoms with Crippen LogP contribution in [0, 0.1) is 17.5 Å². The van der Waals surface area contributed by atoms with Crippen LogP contribution in [-0.2, 0) is 12.8 Å². The molecule has 2 N–H and O–H groups in total. The van der Waals surface area contributed by atoms with Gasteiger partial charge in [0.1, 0.15) is 11.7 Å². The van der Waals surface area contributed by atoms with Gasteiger partial charge in [0.25, 0.3) is 0 Å². The molecule has 0 bridgehead atoms. The molecular formula is C21H22BrF3N4O. The van der Waals surface area contributed by atoms with Gasteiger partial charge in [-0.1, -0.05) is 11.2 Å². The summed E-state index contributed by atoms with van der Waals surface area (Å²) in [6.07, 6.45) is 1.22. The lowest BCUT2D eigenvalue weighted by Gasteiger charge is -2.11. The minimum atomic E-state index is -1.05. The Hall–Kier alpha value is -2.39. The molecule has 0 atom stereocenters. The smallest absolute Gasteiger partial charge is 0.182 e. The molecule has 0 unspecified atom stereocenters. The van der Waals surface area contributed by atoms with Gasteiger partial charge in [-0.15, -0.1) is 0 Å². The Labute approximate surface area is 181 Å². The van der Waals surface area contributed by atoms with Crippen LogP contribution in [0.1, 0.15) is 23.1 Å². The first-order valence-corrected chi connectivity index (χ1v) is 10.2. The molecule has 0 fully saturated rings. The van der Waals surface area contributed by atoms with Crippen molar-refractivity contribution >= 4 is 33.2 Å². The van der Waals surface area contributed by atoms with E-state index in [1.807, 2.05) is 19.0 Å². The number of benzene rings is 2. The van der Waals surface area contributed by atoms with Crippen molar-refractivity contribution in [3.63, 3.8) is 0 Å². The number of hydrogen-bond donors (Lipinski definition) is 2. The molecule has 30 heavy (non-hydrogen) atoms. The summed E-state index contributed by atoms with van der Waals surface area (Å²) in [6.45, 7) is 1.42. The number of nitrogens with one attached hydrogen (secondary N) is 1. The van der Waals surface area contributed by atoms with Gasteiger partial charge in [-0.2, -0.15) is 0 Å². The lowest BCUT2D eigenvalue weighted by molar-refractivity contribution is 0.318. The highest BCUT2D eigenvalue weighted by molar-refractivity contribution is 9.10. The summed E-state index contributed by atoms with van der Waals surface area (Å²) in [5.74, 6) is -1.92. The molecule has 1 aliphatic rings. The Morgan fingerprint density at radius 2 is 1.97 bits per heavy atom. The lowest BCUT2D eigenvalue weighted by Crippen LogP contribution is -2.15. The highest BCUT2D eigenvalue weighted by atomic mass is 79.9. The number of anilines is 1. The third-order valence-corrected chi connectivity index (χ3v) is 5.40. The van der Waals surface area contributed by atoms with Crippen molar-refractivity contribution in [1.82, 2.24) is 4.90 Å². The largest absolute Gasteiger partial charge is 0.411 e. The van der Waals surface area contributed by atoms with E-state index in [1.165, 1.54) is 6.07 Å². The van der Waals surface area contributed by atoms with Gasteiger partial charge in [0, 0.05) is 24.9 Å². The second-order valence-electron chi connectivity index (χ2n) is 7.33. The van der Waals surface area contributed by atoms with E-state index in [2.05, 4.69) is 31.4 Å². The first-order chi connectivity index (χ1) is 14.3. The summed E-state index contributed by atoms with van der Waals surface area (Å²) >= 11 is 3.12. The van der Waals surface area contributed by atoms with Gasteiger partial charge < -0.3 is 15.4 Å². The van der Waals surface area contributed by atoms with Gasteiger partial charge in [0.2, 0.25) is 0 Å². The Morgan fingerprint density at radius 3 is 2.63 bits per heavy atom. The molecule has 0 amide bonds. The van der Waals surface area contributed by atoms with Crippen molar-refractivity contribution in [2.45, 2.75) is 19.3 Å². The Kier molecular flexibility index (Phi) is 7.14. The van der Waals surface area contributed by atoms with Crippen molar-refractivity contribution < 1.29 is 18.4 Å². The highest BCUT2D eigenvalue weighted by Crippen LogP contribution is 2.33. The second kappa shape index (κ2) is 9.61. The average Bonchev–Trinajstić information content (AvgIpc) is 3.13. The average molecular weight is 483 g/mol. The van der Waals surface area contributed by atoms with E-state index in [0.717, 1.165) is 19.0 Å². The molecule has 0 aromatic heterocycles. The van der Waals surface area contributed by atoms with Gasteiger partial charge in [-0.25, -0.2) is 13.2 Å². The van der Waals surface area contributed by atoms with Gasteiger partial charge >= 0.3 is 0 Å². The third-order valence-electron chi connectivity index (χ3n) is 4.79. The highest BCUT2D eigenvalue weighted by Gasteiger charge is 2.28. The molecule has 2 aromatic rings. The Morgan fingerprint density at radius 1 is 1.20 bits per heavy atom. The number of rotatable bonds is 7. The van der Waals surface area contributed by atoms with Gasteiger partial charge in [-0.05, 0) is 72.3 Å². The molecule has 160 valence electrons. The van der Waals surface area contributed by atoms with Crippen LogP contribution in [0.5, 0.6) is 0 Å². The maximum absolute atomic E-state index is 14.4. The maximum atomic E-state index is 14.4. The molecule has 0 aliphatic carbocycles. The van der Waals surface area contributed by atoms with Crippen LogP contribution in [0.4, 0.5) is 18.9 Å². The molecule has 3 rings (SSSR count). The van der Waals surface area contributed by atoms with E-state index in [4.69, 9.17) is 0 Å². The zero-order valence-electron chi connectivity index (χ0n) is 16.6. The van der Waals surface area contributed by atoms with Crippen LogP contribution in [0.3, 0.4) is 0 Å². The molecule has 1 aliphatic heterocycles. The monoisotopic (exact) mass is 482 g/mol. The van der Waals surface area contributed by atoms with Crippen molar-refractivity contribution in [1.29, 1.82) is 0 Å². The van der Waals surface area contributed by atoms with E-state index < -0.39 is 17.5 Å². The molecule has 9 heteroatoms. The van der Waals surface area contributed by atoms with E-state index in [9.17, 15) is 18.4 Å². The molecule has 5 nitrogen and oxygen atoms in total. The predicted octanol–water partition coefficient (Wildman–Crippen LogP) is 4.61. The molecule has 0 saturated carbocycles. The minimum Gasteiger partial charge on any atom is -0.411 e. The van der Waals surface area contributed by atoms with Crippen LogP contribution < -0.4 is 5.32 Å². The topological polar surface area (TPSA) is 60.2 Å². The van der Waals surface area contributed by atoms with E-state index in [-0.39, 0.29) is 34.3 Å². The van der Waals surface area contributed by atoms with E-state index in [0.29, 0.717) is 23.5 Å². The fraction of sp³-hybridized carbons (Fsp3) is 0.333. The second-order valence-corrected chi connectivity index (χ2v) is 8.19. The van der Waals surface area contributed by atoms with Gasteiger partial charge in [0.05, 0.1) is 15.9 Å². The van der Waals surface area contributed by atoms with Crippen LogP contribution in [0.25, 0.3) is 0 Å². The standard InChI is InChI=1S/C21H22BrF3N4O/c1-29(2)7-3-6-26-19-11-14-13(10-17(24)20(25)21(14)27-19)18(28-30)9-12-4-5-16(23)15(22)8-12/h4-5,8,10,30H,3,6-7,9,11H2,1-2H3,(H,26,27)/b28-18+. The number of halogens is 4. The number of amidine groups is 1. The number of oxime groups is 1. The fourth-order valence-electron chi connectivity index (χ4n) is 3.31. The van der Waals surface area contributed by atoms with E-state index >= 15 is 0 Å². The quantitative estimate of drug-likeness (QED) is 0.262. The normalized spacial score (nSPS) is 15.0. The van der Waals surface area contributed by atoms with Crippen molar-refractivity contribution in [3.8, 4) is 0 Å². The van der Waals surface area contributed by atoms with E-state index in [1.54, 1.807) is 12.1 Å². The van der Waals surface area contributed by atoms with Crippen LogP contribution in [-0.4, -0.2) is 48.8 Å². The summed E-state index contributed by atoms with van der Waals surface area (Å²) in [5.41, 5.74) is 1.59. The SMILES string of the molecule is CN(C)CCCN=C1Cc2c(/C(Cc3ccc(F)c(Br)c3)=N/O)cc(F)c(F)c2N1. The van der Waals surface area contributed by atoms with Crippen molar-refractivity contribution in [3.05, 3.63) is 62.9 Å². The van der Waals surface area contributed by atoms with Crippen LogP contribution >= 0.6 is 15.9 Å². The number of aliphatic imine (C=N–C) groups is 1. The summed E-state index contributed by atoms with van der Waals surface area (Å²) in [7, 11) is 3.94. The zero-order valence-corrected chi connectivity index (χ0v) is 18.2. The summed E-state index contributed by atoms with van der Waals surface area (Å²) in [5, 5.41) is 15.8. The zero-order chi connectivity index (χ0) is 21.8. The van der Waals surface area contributed by atoms with Crippen molar-refractivity contribution in [2.24, 2.45) is 10.1 Å². The third kappa shape index (κ3) is 5.02. The van der Waals surface area contributed by atoms with Gasteiger partial charge in [0.15, 0.2) is 11.6 Å². The lowest BCUT2D eigenvalue weighted by atomic mass is 9.95. The number of fused-ring (bicyclic) bond motifs is 1. The summed E-state index contributed by atoms with van der Waals surface area (Å²) in [4.78, 5) is 6.50. The van der Waals surface area contributed by atoms with Gasteiger partial charge in [-0.3, -0.25) is 4.99 Å². The molecule has 0 radical (unpaired) electrons. The number of hydrogen-bond acceptors (Lipinski definition) is 4. The Bertz CT molecular complexity index is 1010. The summed E-state index contributed by atoms with van der Waals surface area (Å²) in [6, 6.07) is 5.40. The summed E-state index contributed by atoms with van der Waals surface area (Å²) < 4.78 is 42.4. The Balaban J connectivity index is 1.88. The first-order valence-electron chi connectivity index (χ1n) is 9.41. The molecular weight excluding hydrogens is 461 g/mol. The first kappa shape index (κ1) is 22.3. The van der Waals surface area contributed by atoms with Crippen LogP contribution in [0.15, 0.2) is 38.9 Å². The van der Waals surface area contributed by atoms with Crippen molar-refractivity contribution in [2.75, 3.05) is 32.5 Å². The molecule has 2 aromatic carbocycles. The molecule has 0 saturated heterocycles. The molecule has 1 heterocycles. The molecule has 0 spiro atoms. The van der Waals surface area contributed by atoms with Crippen LogP contribution in [0.2, 0.25) is 0 Å². The predicted molar refractivity (Wildman–Crippen MR) is 115 cm³/mol. The minimum absolute atomic E-state index is 0.0118.